The van der Waals surface area contributed by atoms with E-state index in [4.69, 9.17) is 4.98 Å². The van der Waals surface area contributed by atoms with Crippen molar-refractivity contribution in [3.63, 3.8) is 0 Å². The molecule has 8 aromatic carbocycles. The first-order chi connectivity index (χ1) is 26.2. The highest BCUT2D eigenvalue weighted by molar-refractivity contribution is 6.15. The molecule has 11 rings (SSSR count). The largest absolute Gasteiger partial charge is 0.310 e. The third kappa shape index (κ3) is 4.57. The summed E-state index contributed by atoms with van der Waals surface area (Å²) in [7, 11) is 0. The first-order valence-electron chi connectivity index (χ1n) is 18.2. The van der Waals surface area contributed by atoms with Gasteiger partial charge in [-0.1, -0.05) is 121 Å². The Hall–Kier alpha value is -6.97. The van der Waals surface area contributed by atoms with Crippen LogP contribution in [0.2, 0.25) is 0 Å². The lowest BCUT2D eigenvalue weighted by molar-refractivity contribution is 1.09. The van der Waals surface area contributed by atoms with Gasteiger partial charge in [0.05, 0.1) is 16.7 Å². The molecule has 0 bridgehead atoms. The zero-order valence-electron chi connectivity index (χ0n) is 29.2. The molecule has 2 heterocycles. The molecule has 53 heavy (non-hydrogen) atoms. The monoisotopic (exact) mass is 675 g/mol. The number of fused-ring (bicyclic) bond motifs is 7. The quantitative estimate of drug-likeness (QED) is 0.181. The molecule has 0 fully saturated rings. The number of hydrogen-bond acceptors (Lipinski definition) is 2. The fourth-order valence-electron chi connectivity index (χ4n) is 8.56. The van der Waals surface area contributed by atoms with Crippen molar-refractivity contribution in [3.05, 3.63) is 188 Å². The van der Waals surface area contributed by atoms with Crippen molar-refractivity contribution < 1.29 is 0 Å². The number of anilines is 3. The van der Waals surface area contributed by atoms with Gasteiger partial charge in [-0.3, -0.25) is 4.57 Å². The van der Waals surface area contributed by atoms with Gasteiger partial charge in [0.25, 0.3) is 0 Å². The van der Waals surface area contributed by atoms with Crippen LogP contribution in [0.4, 0.5) is 17.1 Å². The van der Waals surface area contributed by atoms with Crippen LogP contribution in [-0.2, 0) is 0 Å². The Morgan fingerprint density at radius 1 is 0.453 bits per heavy atom. The summed E-state index contributed by atoms with van der Waals surface area (Å²) in [5.41, 5.74) is 14.1. The number of aryl methyl sites for hydroxylation is 1. The van der Waals surface area contributed by atoms with E-state index in [0.717, 1.165) is 39.6 Å². The topological polar surface area (TPSA) is 21.1 Å². The summed E-state index contributed by atoms with van der Waals surface area (Å²) in [5.74, 6) is 0.940. The smallest absolute Gasteiger partial charge is 0.138 e. The summed E-state index contributed by atoms with van der Waals surface area (Å²) < 4.78 is 2.34. The molecule has 0 atom stereocenters. The van der Waals surface area contributed by atoms with Gasteiger partial charge in [0.1, 0.15) is 5.82 Å². The van der Waals surface area contributed by atoms with Crippen LogP contribution in [-0.4, -0.2) is 9.55 Å². The van der Waals surface area contributed by atoms with Gasteiger partial charge in [0.15, 0.2) is 0 Å². The van der Waals surface area contributed by atoms with E-state index in [1.54, 1.807) is 0 Å². The lowest BCUT2D eigenvalue weighted by atomic mass is 9.99. The van der Waals surface area contributed by atoms with E-state index in [-0.39, 0.29) is 0 Å². The Morgan fingerprint density at radius 2 is 1.15 bits per heavy atom. The van der Waals surface area contributed by atoms with Gasteiger partial charge >= 0.3 is 0 Å². The molecule has 3 nitrogen and oxygen atoms in total. The van der Waals surface area contributed by atoms with Crippen LogP contribution in [0.1, 0.15) is 5.56 Å². The Morgan fingerprint density at radius 3 is 2.04 bits per heavy atom. The second kappa shape index (κ2) is 11.5. The SMILES string of the molecule is Cc1cc(-c2ccc3c(c2)c2ccccc2n3-c2cc3cccc4c3c(n2)-c2ccccc2-4)ccc1N(c1ccccc1)c1ccc2ccccc2c1. The second-order valence-electron chi connectivity index (χ2n) is 14.1. The van der Waals surface area contributed by atoms with E-state index in [9.17, 15) is 0 Å². The molecule has 2 aromatic heterocycles. The van der Waals surface area contributed by atoms with Gasteiger partial charge in [-0.2, -0.15) is 0 Å². The first kappa shape index (κ1) is 29.7. The van der Waals surface area contributed by atoms with E-state index < -0.39 is 0 Å². The predicted molar refractivity (Wildman–Crippen MR) is 223 cm³/mol. The minimum absolute atomic E-state index is 0.940. The van der Waals surface area contributed by atoms with Crippen LogP contribution >= 0.6 is 0 Å². The van der Waals surface area contributed by atoms with Crippen LogP contribution in [0, 0.1) is 6.92 Å². The minimum atomic E-state index is 0.940. The summed E-state index contributed by atoms with van der Waals surface area (Å²) in [5, 5.41) is 7.36. The number of hydrogen-bond donors (Lipinski definition) is 0. The first-order valence-corrected chi connectivity index (χ1v) is 18.2. The number of para-hydroxylation sites is 2. The number of rotatable bonds is 5. The van der Waals surface area contributed by atoms with Crippen molar-refractivity contribution in [2.75, 3.05) is 4.90 Å². The summed E-state index contributed by atoms with van der Waals surface area (Å²) >= 11 is 0. The van der Waals surface area contributed by atoms with E-state index in [0.29, 0.717) is 0 Å². The maximum Gasteiger partial charge on any atom is 0.138 e. The van der Waals surface area contributed by atoms with Crippen LogP contribution in [0.15, 0.2) is 182 Å². The zero-order chi connectivity index (χ0) is 35.0. The van der Waals surface area contributed by atoms with E-state index >= 15 is 0 Å². The van der Waals surface area contributed by atoms with Crippen molar-refractivity contribution >= 4 is 60.4 Å². The molecule has 0 saturated heterocycles. The lowest BCUT2D eigenvalue weighted by Gasteiger charge is -2.27. The molecule has 1 aliphatic rings. The van der Waals surface area contributed by atoms with Gasteiger partial charge in [-0.05, 0) is 112 Å². The molecule has 10 aromatic rings. The molecule has 0 saturated carbocycles. The highest BCUT2D eigenvalue weighted by Gasteiger charge is 2.24. The molecule has 0 amide bonds. The van der Waals surface area contributed by atoms with Crippen molar-refractivity contribution in [1.82, 2.24) is 9.55 Å². The molecule has 1 aliphatic carbocycles. The van der Waals surface area contributed by atoms with E-state index in [1.807, 2.05) is 0 Å². The van der Waals surface area contributed by atoms with E-state index in [2.05, 4.69) is 198 Å². The fourth-order valence-corrected chi connectivity index (χ4v) is 8.56. The Kier molecular flexibility index (Phi) is 6.47. The van der Waals surface area contributed by atoms with Crippen molar-refractivity contribution in [2.24, 2.45) is 0 Å². The summed E-state index contributed by atoms with van der Waals surface area (Å²) in [6.07, 6.45) is 0. The number of benzene rings is 8. The number of aromatic nitrogens is 2. The normalized spacial score (nSPS) is 11.9. The third-order valence-electron chi connectivity index (χ3n) is 11.0. The van der Waals surface area contributed by atoms with Gasteiger partial charge in [-0.25, -0.2) is 4.98 Å². The average molecular weight is 676 g/mol. The molecule has 3 heteroatoms. The van der Waals surface area contributed by atoms with E-state index in [1.165, 1.54) is 65.7 Å². The van der Waals surface area contributed by atoms with Crippen LogP contribution in [0.5, 0.6) is 0 Å². The highest BCUT2D eigenvalue weighted by Crippen LogP contribution is 2.47. The minimum Gasteiger partial charge on any atom is -0.310 e. The fraction of sp³-hybridized carbons (Fsp3) is 0.0200. The molecule has 0 radical (unpaired) electrons. The summed E-state index contributed by atoms with van der Waals surface area (Å²) in [4.78, 5) is 7.77. The lowest BCUT2D eigenvalue weighted by Crippen LogP contribution is -2.11. The number of nitrogens with zero attached hydrogens (tertiary/aromatic N) is 3. The predicted octanol–water partition coefficient (Wildman–Crippen LogP) is 13.6. The molecule has 0 unspecified atom stereocenters. The molecular weight excluding hydrogens is 643 g/mol. The van der Waals surface area contributed by atoms with Crippen molar-refractivity contribution in [3.8, 4) is 39.3 Å². The van der Waals surface area contributed by atoms with Gasteiger partial charge in [-0.15, -0.1) is 0 Å². The zero-order valence-corrected chi connectivity index (χ0v) is 29.2. The standard InChI is InChI=1S/C50H33N3/c1-32-28-35(23-26-45(32)52(38-15-3-2-4-16-38)39-25-22-33-12-5-6-13-34(33)29-39)36-24-27-47-44(30-36)41-18-9-10-21-46(41)53(47)48-31-37-14-11-20-42-40-17-7-8-19-43(40)50(51-48)49(37)42/h2-31H,1H3. The average Bonchev–Trinajstić information content (AvgIpc) is 3.72. The summed E-state index contributed by atoms with van der Waals surface area (Å²) in [6, 6.07) is 65.9. The Bertz CT molecular complexity index is 3080. The maximum absolute atomic E-state index is 5.40. The van der Waals surface area contributed by atoms with Crippen molar-refractivity contribution in [1.29, 1.82) is 0 Å². The van der Waals surface area contributed by atoms with Gasteiger partial charge in [0, 0.05) is 38.8 Å². The Labute approximate surface area is 307 Å². The van der Waals surface area contributed by atoms with Crippen molar-refractivity contribution in [2.45, 2.75) is 6.92 Å². The highest BCUT2D eigenvalue weighted by atomic mass is 15.1. The molecule has 248 valence electrons. The Balaban J connectivity index is 1.04. The van der Waals surface area contributed by atoms with Crippen LogP contribution in [0.3, 0.4) is 0 Å². The van der Waals surface area contributed by atoms with Gasteiger partial charge < -0.3 is 4.90 Å². The van der Waals surface area contributed by atoms with Crippen LogP contribution in [0.25, 0.3) is 82.7 Å². The summed E-state index contributed by atoms with van der Waals surface area (Å²) in [6.45, 7) is 2.22. The molecule has 0 N–H and O–H groups in total. The second-order valence-corrected chi connectivity index (χ2v) is 14.1. The number of pyridine rings is 1. The molecule has 0 aliphatic heterocycles. The third-order valence-corrected chi connectivity index (χ3v) is 11.0. The maximum atomic E-state index is 5.40. The van der Waals surface area contributed by atoms with Crippen LogP contribution < -0.4 is 4.90 Å². The molecular formula is C50H33N3. The van der Waals surface area contributed by atoms with Gasteiger partial charge in [0.2, 0.25) is 0 Å². The molecule has 0 spiro atoms.